The molecule has 0 amide bonds. The minimum atomic E-state index is -4.61. The van der Waals surface area contributed by atoms with Crippen LogP contribution < -0.4 is 0 Å². The smallest absolute Gasteiger partial charge is 0.298 e. The van der Waals surface area contributed by atoms with E-state index in [0.29, 0.717) is 23.1 Å². The SMILES string of the molecule is CN=O.O=Cc1ccc(-n2nc(C(F)(F)F)cc2-c2ccc(F)cc2)cc1. The zero-order valence-corrected chi connectivity index (χ0v) is 13.9. The fourth-order valence-electron chi connectivity index (χ4n) is 2.24. The lowest BCUT2D eigenvalue weighted by atomic mass is 10.1. The predicted octanol–water partition coefficient (Wildman–Crippen LogP) is 4.89. The molecule has 2 aromatic carbocycles. The molecule has 0 atom stereocenters. The lowest BCUT2D eigenvalue weighted by molar-refractivity contribution is -0.141. The molecule has 0 radical (unpaired) electrons. The second-order valence-corrected chi connectivity index (χ2v) is 5.22. The Morgan fingerprint density at radius 1 is 1.04 bits per heavy atom. The molecule has 0 N–H and O–H groups in total. The van der Waals surface area contributed by atoms with Crippen LogP contribution in [0.1, 0.15) is 16.1 Å². The van der Waals surface area contributed by atoms with E-state index in [2.05, 4.69) is 10.3 Å². The Morgan fingerprint density at radius 2 is 1.59 bits per heavy atom. The maximum absolute atomic E-state index is 13.1. The normalized spacial score (nSPS) is 10.7. The van der Waals surface area contributed by atoms with Gasteiger partial charge in [-0.2, -0.15) is 23.2 Å². The molecular formula is C18H13F4N3O2. The van der Waals surface area contributed by atoms with E-state index in [-0.39, 0.29) is 5.69 Å². The van der Waals surface area contributed by atoms with E-state index in [1.54, 1.807) is 0 Å². The van der Waals surface area contributed by atoms with Crippen LogP contribution in [0.5, 0.6) is 0 Å². The Labute approximate surface area is 151 Å². The molecule has 1 heterocycles. The topological polar surface area (TPSA) is 64.3 Å². The maximum Gasteiger partial charge on any atom is 0.435 e. The van der Waals surface area contributed by atoms with Crippen molar-refractivity contribution in [2.45, 2.75) is 6.18 Å². The second-order valence-electron chi connectivity index (χ2n) is 5.22. The Kier molecular flexibility index (Phi) is 6.17. The number of hydrogen-bond acceptors (Lipinski definition) is 4. The number of alkyl halides is 3. The van der Waals surface area contributed by atoms with Crippen molar-refractivity contribution in [3.8, 4) is 16.9 Å². The number of aldehydes is 1. The fraction of sp³-hybridized carbons (Fsp3) is 0.111. The van der Waals surface area contributed by atoms with Gasteiger partial charge < -0.3 is 0 Å². The summed E-state index contributed by atoms with van der Waals surface area (Å²) in [5.74, 6) is -0.490. The van der Waals surface area contributed by atoms with Crippen molar-refractivity contribution < 1.29 is 22.4 Å². The van der Waals surface area contributed by atoms with E-state index in [1.165, 1.54) is 43.4 Å². The first kappa shape index (κ1) is 20.0. The summed E-state index contributed by atoms with van der Waals surface area (Å²) in [4.78, 5) is 19.3. The zero-order chi connectivity index (χ0) is 20.0. The number of aromatic nitrogens is 2. The number of hydrogen-bond donors (Lipinski definition) is 0. The molecule has 0 spiro atoms. The third-order valence-corrected chi connectivity index (χ3v) is 3.41. The largest absolute Gasteiger partial charge is 0.435 e. The van der Waals surface area contributed by atoms with Gasteiger partial charge in [-0.3, -0.25) is 4.79 Å². The molecule has 3 aromatic rings. The number of rotatable bonds is 3. The monoisotopic (exact) mass is 379 g/mol. The first-order chi connectivity index (χ1) is 12.8. The van der Waals surface area contributed by atoms with Crippen LogP contribution in [0.3, 0.4) is 0 Å². The average Bonchev–Trinajstić information content (AvgIpc) is 3.09. The summed E-state index contributed by atoms with van der Waals surface area (Å²) in [6.45, 7) is 0. The molecule has 3 rings (SSSR count). The van der Waals surface area contributed by atoms with Crippen molar-refractivity contribution >= 4 is 6.29 Å². The van der Waals surface area contributed by atoms with Crippen LogP contribution in [0, 0.1) is 10.7 Å². The van der Waals surface area contributed by atoms with E-state index < -0.39 is 17.7 Å². The van der Waals surface area contributed by atoms with Crippen molar-refractivity contribution in [2.75, 3.05) is 7.05 Å². The minimum absolute atomic E-state index is 0.168. The molecule has 0 unspecified atom stereocenters. The van der Waals surface area contributed by atoms with Gasteiger partial charge in [0.15, 0.2) is 5.69 Å². The van der Waals surface area contributed by atoms with Crippen molar-refractivity contribution in [1.29, 1.82) is 0 Å². The summed E-state index contributed by atoms with van der Waals surface area (Å²) in [5.41, 5.74) is 0.252. The van der Waals surface area contributed by atoms with Gasteiger partial charge in [-0.1, -0.05) is 5.18 Å². The third kappa shape index (κ3) is 4.84. The van der Waals surface area contributed by atoms with E-state index in [1.807, 2.05) is 0 Å². The highest BCUT2D eigenvalue weighted by molar-refractivity contribution is 5.75. The van der Waals surface area contributed by atoms with Gasteiger partial charge in [-0.25, -0.2) is 9.07 Å². The zero-order valence-electron chi connectivity index (χ0n) is 13.9. The van der Waals surface area contributed by atoms with Crippen LogP contribution in [-0.2, 0) is 6.18 Å². The summed E-state index contributed by atoms with van der Waals surface area (Å²) in [7, 11) is 1.19. The number of carbonyl (C=O) groups is 1. The third-order valence-electron chi connectivity index (χ3n) is 3.41. The second kappa shape index (κ2) is 8.35. The van der Waals surface area contributed by atoms with Crippen molar-refractivity contribution in [3.63, 3.8) is 0 Å². The highest BCUT2D eigenvalue weighted by Gasteiger charge is 2.35. The van der Waals surface area contributed by atoms with Gasteiger partial charge in [0.25, 0.3) is 0 Å². The van der Waals surface area contributed by atoms with E-state index in [0.717, 1.165) is 22.9 Å². The molecule has 27 heavy (non-hydrogen) atoms. The van der Waals surface area contributed by atoms with Gasteiger partial charge in [0.1, 0.15) is 12.1 Å². The van der Waals surface area contributed by atoms with Crippen LogP contribution in [0.2, 0.25) is 0 Å². The molecule has 0 aliphatic rings. The van der Waals surface area contributed by atoms with Crippen molar-refractivity contribution in [2.24, 2.45) is 5.18 Å². The fourth-order valence-corrected chi connectivity index (χ4v) is 2.24. The Bertz CT molecular complexity index is 917. The Morgan fingerprint density at radius 3 is 2.07 bits per heavy atom. The summed E-state index contributed by atoms with van der Waals surface area (Å²) in [6.07, 6.45) is -3.97. The number of carbonyl (C=O) groups excluding carboxylic acids is 1. The van der Waals surface area contributed by atoms with E-state index in [9.17, 15) is 22.4 Å². The van der Waals surface area contributed by atoms with E-state index >= 15 is 0 Å². The van der Waals surface area contributed by atoms with Crippen LogP contribution in [-0.4, -0.2) is 23.1 Å². The number of benzene rings is 2. The Balaban J connectivity index is 0.000000817. The lowest BCUT2D eigenvalue weighted by Gasteiger charge is -2.08. The standard InChI is InChI=1S/C17H10F4N2O.CH3NO/c18-13-5-3-12(4-6-13)15-9-16(17(19,20)21)22-23(15)14-7-1-11(10-24)2-8-14;1-2-3/h1-10H;1H3. The van der Waals surface area contributed by atoms with Gasteiger partial charge >= 0.3 is 6.18 Å². The maximum atomic E-state index is 13.1. The van der Waals surface area contributed by atoms with Crippen molar-refractivity contribution in [3.05, 3.63) is 76.6 Å². The first-order valence-electron chi connectivity index (χ1n) is 7.50. The summed E-state index contributed by atoms with van der Waals surface area (Å²) in [5, 5.41) is 5.87. The Hall–Kier alpha value is -3.36. The van der Waals surface area contributed by atoms with Crippen molar-refractivity contribution in [1.82, 2.24) is 9.78 Å². The molecular weight excluding hydrogens is 366 g/mol. The number of halogens is 4. The predicted molar refractivity (Wildman–Crippen MR) is 91.1 cm³/mol. The van der Waals surface area contributed by atoms with Gasteiger partial charge in [0.05, 0.1) is 18.4 Å². The molecule has 1 aromatic heterocycles. The molecule has 0 saturated carbocycles. The number of nitroso groups, excluding NO2 is 1. The van der Waals surface area contributed by atoms with Crippen LogP contribution in [0.4, 0.5) is 17.6 Å². The number of nitrogens with zero attached hydrogens (tertiary/aromatic N) is 3. The molecule has 140 valence electrons. The highest BCUT2D eigenvalue weighted by atomic mass is 19.4. The molecule has 0 aliphatic heterocycles. The van der Waals surface area contributed by atoms with Gasteiger partial charge in [0.2, 0.25) is 0 Å². The summed E-state index contributed by atoms with van der Waals surface area (Å²) in [6, 6.07) is 11.9. The van der Waals surface area contributed by atoms with Gasteiger partial charge in [-0.05, 0) is 54.6 Å². The minimum Gasteiger partial charge on any atom is -0.298 e. The molecule has 0 saturated heterocycles. The lowest BCUT2D eigenvalue weighted by Crippen LogP contribution is -2.07. The summed E-state index contributed by atoms with van der Waals surface area (Å²) < 4.78 is 53.2. The van der Waals surface area contributed by atoms with Crippen LogP contribution in [0.25, 0.3) is 16.9 Å². The first-order valence-corrected chi connectivity index (χ1v) is 7.50. The van der Waals surface area contributed by atoms with Crippen LogP contribution in [0.15, 0.2) is 59.8 Å². The molecule has 0 bridgehead atoms. The van der Waals surface area contributed by atoms with Gasteiger partial charge in [-0.15, -0.1) is 0 Å². The quantitative estimate of drug-likeness (QED) is 0.370. The molecule has 5 nitrogen and oxygen atoms in total. The molecule has 9 heteroatoms. The molecule has 0 fully saturated rings. The van der Waals surface area contributed by atoms with Crippen LogP contribution >= 0.6 is 0 Å². The summed E-state index contributed by atoms with van der Waals surface area (Å²) >= 11 is 0. The average molecular weight is 379 g/mol. The molecule has 0 aliphatic carbocycles. The highest BCUT2D eigenvalue weighted by Crippen LogP contribution is 2.33. The van der Waals surface area contributed by atoms with Gasteiger partial charge in [0, 0.05) is 11.1 Å². The van der Waals surface area contributed by atoms with E-state index in [4.69, 9.17) is 4.91 Å².